The van der Waals surface area contributed by atoms with Gasteiger partial charge >= 0.3 is 0 Å². The Morgan fingerprint density at radius 3 is 2.81 bits per heavy atom. The first-order valence-electron chi connectivity index (χ1n) is 8.18. The van der Waals surface area contributed by atoms with E-state index in [1.165, 1.54) is 5.57 Å². The second kappa shape index (κ2) is 4.08. The molecule has 3 aliphatic carbocycles. The van der Waals surface area contributed by atoms with Crippen LogP contribution in [0.2, 0.25) is 0 Å². The molecule has 1 N–H and O–H groups in total. The maximum Gasteiger partial charge on any atom is 0.226 e. The lowest BCUT2D eigenvalue weighted by atomic mass is 9.48. The lowest BCUT2D eigenvalue weighted by molar-refractivity contribution is -0.132. The van der Waals surface area contributed by atoms with Crippen molar-refractivity contribution in [3.05, 3.63) is 23.8 Å². The number of fused-ring (bicyclic) bond motifs is 5. The van der Waals surface area contributed by atoms with E-state index in [9.17, 15) is 9.59 Å². The molecular formula is C18H23NO2. The number of carbonyl (C=O) groups excluding carboxylic acids is 2. The molecule has 0 radical (unpaired) electrons. The van der Waals surface area contributed by atoms with E-state index in [2.05, 4.69) is 25.2 Å². The van der Waals surface area contributed by atoms with Crippen LogP contribution in [0.1, 0.15) is 39.5 Å². The van der Waals surface area contributed by atoms with Crippen molar-refractivity contribution in [2.45, 2.75) is 39.5 Å². The van der Waals surface area contributed by atoms with Crippen molar-refractivity contribution in [2.24, 2.45) is 28.6 Å². The van der Waals surface area contributed by atoms with Gasteiger partial charge in [-0.2, -0.15) is 0 Å². The van der Waals surface area contributed by atoms with Gasteiger partial charge in [0, 0.05) is 12.0 Å². The summed E-state index contributed by atoms with van der Waals surface area (Å²) in [6.45, 7) is 5.30. The summed E-state index contributed by atoms with van der Waals surface area (Å²) in [6.07, 6.45) is 9.97. The van der Waals surface area contributed by atoms with Gasteiger partial charge in [-0.3, -0.25) is 9.59 Å². The monoisotopic (exact) mass is 285 g/mol. The number of nitrogens with one attached hydrogen (secondary N) is 1. The lowest BCUT2D eigenvalue weighted by Crippen LogP contribution is -2.50. The fourth-order valence-corrected chi connectivity index (χ4v) is 5.58. The third-order valence-electron chi connectivity index (χ3n) is 6.95. The minimum absolute atomic E-state index is 0.0315. The minimum Gasteiger partial charge on any atom is -0.355 e. The number of ketones is 1. The molecule has 3 nitrogen and oxygen atoms in total. The highest BCUT2D eigenvalue weighted by Gasteiger charge is 2.58. The minimum atomic E-state index is -0.160. The van der Waals surface area contributed by atoms with Crippen LogP contribution < -0.4 is 5.32 Å². The van der Waals surface area contributed by atoms with Crippen LogP contribution in [0.4, 0.5) is 0 Å². The Morgan fingerprint density at radius 2 is 2.00 bits per heavy atom. The lowest BCUT2D eigenvalue weighted by Gasteiger charge is -2.54. The quantitative estimate of drug-likeness (QED) is 0.743. The zero-order chi connectivity index (χ0) is 14.8. The van der Waals surface area contributed by atoms with E-state index in [-0.39, 0.29) is 22.5 Å². The third-order valence-corrected chi connectivity index (χ3v) is 6.95. The normalized spacial score (nSPS) is 48.1. The second-order valence-corrected chi connectivity index (χ2v) is 7.77. The molecule has 112 valence electrons. The van der Waals surface area contributed by atoms with Crippen LogP contribution in [0.5, 0.6) is 0 Å². The molecule has 4 aliphatic rings. The summed E-state index contributed by atoms with van der Waals surface area (Å²) in [4.78, 5) is 23.9. The standard InChI is InChI=1S/C18H23NO2/c1-17-7-5-12(20)9-11(17)3-4-13-14(17)6-8-18(2)15(13)10-19-16(18)21/h5,7,9,13-15H,3-4,6,8,10H2,1-2H3,(H,19,21)/t13-,14+,15+,17+,18+/m1/s1. The van der Waals surface area contributed by atoms with Crippen LogP contribution >= 0.6 is 0 Å². The largest absolute Gasteiger partial charge is 0.355 e. The van der Waals surface area contributed by atoms with Crippen LogP contribution in [0.25, 0.3) is 0 Å². The highest BCUT2D eigenvalue weighted by atomic mass is 16.2. The summed E-state index contributed by atoms with van der Waals surface area (Å²) in [7, 11) is 0. The molecule has 4 rings (SSSR count). The maximum atomic E-state index is 12.2. The highest BCUT2D eigenvalue weighted by Crippen LogP contribution is 2.61. The summed E-state index contributed by atoms with van der Waals surface area (Å²) < 4.78 is 0. The van der Waals surface area contributed by atoms with E-state index >= 15 is 0 Å². The van der Waals surface area contributed by atoms with Gasteiger partial charge in [-0.1, -0.05) is 25.5 Å². The first kappa shape index (κ1) is 13.3. The van der Waals surface area contributed by atoms with Gasteiger partial charge in [0.25, 0.3) is 0 Å². The molecule has 5 atom stereocenters. The molecule has 1 heterocycles. The van der Waals surface area contributed by atoms with Gasteiger partial charge in [-0.05, 0) is 55.6 Å². The number of hydrogen-bond donors (Lipinski definition) is 1. The molecule has 0 spiro atoms. The Labute approximate surface area is 125 Å². The highest BCUT2D eigenvalue weighted by molar-refractivity contribution is 6.01. The first-order valence-corrected chi connectivity index (χ1v) is 8.18. The van der Waals surface area contributed by atoms with E-state index in [0.29, 0.717) is 17.8 Å². The number of rotatable bonds is 0. The van der Waals surface area contributed by atoms with E-state index in [1.54, 1.807) is 6.08 Å². The molecule has 0 aromatic rings. The third kappa shape index (κ3) is 1.60. The Morgan fingerprint density at radius 1 is 1.19 bits per heavy atom. The topological polar surface area (TPSA) is 46.2 Å². The van der Waals surface area contributed by atoms with Crippen LogP contribution in [0.3, 0.4) is 0 Å². The molecule has 3 fully saturated rings. The number of amides is 1. The average Bonchev–Trinajstić information content (AvgIpc) is 2.76. The smallest absolute Gasteiger partial charge is 0.226 e. The van der Waals surface area contributed by atoms with Crippen LogP contribution in [0.15, 0.2) is 23.8 Å². The van der Waals surface area contributed by atoms with Gasteiger partial charge < -0.3 is 5.32 Å². The fraction of sp³-hybridized carbons (Fsp3) is 0.667. The van der Waals surface area contributed by atoms with Crippen molar-refractivity contribution < 1.29 is 9.59 Å². The van der Waals surface area contributed by atoms with E-state index in [4.69, 9.17) is 0 Å². The molecule has 3 heteroatoms. The molecule has 0 unspecified atom stereocenters. The maximum absolute atomic E-state index is 12.2. The van der Waals surface area contributed by atoms with Crippen LogP contribution in [-0.4, -0.2) is 18.2 Å². The Hall–Kier alpha value is -1.38. The summed E-state index contributed by atoms with van der Waals surface area (Å²) in [5.74, 6) is 2.04. The number of allylic oxidation sites excluding steroid dienone is 4. The molecule has 0 bridgehead atoms. The number of hydrogen-bond acceptors (Lipinski definition) is 2. The van der Waals surface area contributed by atoms with Crippen molar-refractivity contribution in [3.8, 4) is 0 Å². The van der Waals surface area contributed by atoms with E-state index in [1.807, 2.05) is 6.08 Å². The van der Waals surface area contributed by atoms with Gasteiger partial charge in [0.15, 0.2) is 5.78 Å². The first-order chi connectivity index (χ1) is 9.95. The predicted molar refractivity (Wildman–Crippen MR) is 80.4 cm³/mol. The van der Waals surface area contributed by atoms with Crippen LogP contribution in [-0.2, 0) is 9.59 Å². The van der Waals surface area contributed by atoms with Gasteiger partial charge in [-0.15, -0.1) is 0 Å². The molecule has 0 aromatic heterocycles. The zero-order valence-electron chi connectivity index (χ0n) is 12.8. The van der Waals surface area contributed by atoms with Crippen molar-refractivity contribution in [3.63, 3.8) is 0 Å². The van der Waals surface area contributed by atoms with Gasteiger partial charge in [-0.25, -0.2) is 0 Å². The zero-order valence-corrected chi connectivity index (χ0v) is 12.8. The summed E-state index contributed by atoms with van der Waals surface area (Å²) in [5, 5.41) is 3.10. The summed E-state index contributed by atoms with van der Waals surface area (Å²) in [6, 6.07) is 0. The molecule has 1 saturated heterocycles. The van der Waals surface area contributed by atoms with E-state index < -0.39 is 0 Å². The van der Waals surface area contributed by atoms with Gasteiger partial charge in [0.1, 0.15) is 0 Å². The molecule has 1 amide bonds. The van der Waals surface area contributed by atoms with Crippen LogP contribution in [0, 0.1) is 28.6 Å². The fourth-order valence-electron chi connectivity index (χ4n) is 5.58. The number of carbonyl (C=O) groups is 2. The van der Waals surface area contributed by atoms with Gasteiger partial charge in [0.05, 0.1) is 5.41 Å². The second-order valence-electron chi connectivity index (χ2n) is 7.77. The Bertz CT molecular complexity index is 590. The van der Waals surface area contributed by atoms with Crippen molar-refractivity contribution in [1.29, 1.82) is 0 Å². The SMILES string of the molecule is C[C@]12C=CC(=O)C=C1CC[C@@H]1[C@@H]2CC[C@]2(C)C(=O)NC[C@@H]12. The predicted octanol–water partition coefficient (Wildman–Crippen LogP) is 2.63. The summed E-state index contributed by atoms with van der Waals surface area (Å²) in [5.41, 5.74) is 1.19. The molecule has 2 saturated carbocycles. The van der Waals surface area contributed by atoms with E-state index in [0.717, 1.165) is 32.2 Å². The Balaban J connectivity index is 1.72. The molecular weight excluding hydrogens is 262 g/mol. The summed E-state index contributed by atoms with van der Waals surface area (Å²) >= 11 is 0. The van der Waals surface area contributed by atoms with Crippen molar-refractivity contribution in [2.75, 3.05) is 6.54 Å². The molecule has 1 aliphatic heterocycles. The average molecular weight is 285 g/mol. The molecule has 21 heavy (non-hydrogen) atoms. The van der Waals surface area contributed by atoms with Gasteiger partial charge in [0.2, 0.25) is 5.91 Å². The Kier molecular flexibility index (Phi) is 2.59. The van der Waals surface area contributed by atoms with Crippen molar-refractivity contribution in [1.82, 2.24) is 5.32 Å². The molecule has 0 aromatic carbocycles. The van der Waals surface area contributed by atoms with Crippen molar-refractivity contribution >= 4 is 11.7 Å².